The standard InChI is InChI=1S/C21H26N2O3/c1-13(24)12-23-8-7-17-18(21(23)26)3-2-4-19(17)22-20(25)11-16-10-14-5-6-15(16)9-14/h2-4,7-8,13-16,24H,5-6,9-12H2,1H3,(H,22,25)/t13?,14-,15-,16?/m0/s1. The van der Waals surface area contributed by atoms with Crippen LogP contribution >= 0.6 is 0 Å². The van der Waals surface area contributed by atoms with Gasteiger partial charge in [-0.25, -0.2) is 0 Å². The number of aliphatic hydroxyl groups excluding tert-OH is 1. The van der Waals surface area contributed by atoms with Gasteiger partial charge in [-0.1, -0.05) is 12.5 Å². The fourth-order valence-electron chi connectivity index (χ4n) is 4.92. The Morgan fingerprint density at radius 1 is 1.27 bits per heavy atom. The Hall–Kier alpha value is -2.14. The zero-order valence-corrected chi connectivity index (χ0v) is 15.1. The molecule has 5 nitrogen and oxygen atoms in total. The van der Waals surface area contributed by atoms with Crippen LogP contribution in [0.15, 0.2) is 35.3 Å². The van der Waals surface area contributed by atoms with E-state index >= 15 is 0 Å². The van der Waals surface area contributed by atoms with Crippen LogP contribution in [-0.4, -0.2) is 21.7 Å². The number of nitrogens with zero attached hydrogens (tertiary/aromatic N) is 1. The van der Waals surface area contributed by atoms with Crippen LogP contribution in [0.2, 0.25) is 0 Å². The van der Waals surface area contributed by atoms with E-state index in [9.17, 15) is 14.7 Å². The van der Waals surface area contributed by atoms with Crippen LogP contribution in [0.25, 0.3) is 10.8 Å². The van der Waals surface area contributed by atoms with Crippen molar-refractivity contribution >= 4 is 22.4 Å². The number of hydrogen-bond acceptors (Lipinski definition) is 3. The number of benzene rings is 1. The number of carbonyl (C=O) groups is 1. The number of carbonyl (C=O) groups excluding carboxylic acids is 1. The van der Waals surface area contributed by atoms with Crippen molar-refractivity contribution in [2.75, 3.05) is 5.32 Å². The molecule has 2 N–H and O–H groups in total. The highest BCUT2D eigenvalue weighted by atomic mass is 16.3. The van der Waals surface area contributed by atoms with E-state index in [0.29, 0.717) is 23.4 Å². The van der Waals surface area contributed by atoms with E-state index in [1.165, 1.54) is 30.3 Å². The number of anilines is 1. The molecule has 2 aliphatic rings. The molecule has 138 valence electrons. The second-order valence-corrected chi connectivity index (χ2v) is 8.08. The lowest BCUT2D eigenvalue weighted by molar-refractivity contribution is -0.117. The number of hydrogen-bond donors (Lipinski definition) is 2. The van der Waals surface area contributed by atoms with Crippen LogP contribution in [-0.2, 0) is 11.3 Å². The molecule has 2 saturated carbocycles. The summed E-state index contributed by atoms with van der Waals surface area (Å²) in [5.74, 6) is 2.13. The number of nitrogens with one attached hydrogen (secondary N) is 1. The van der Waals surface area contributed by atoms with Crippen LogP contribution < -0.4 is 10.9 Å². The van der Waals surface area contributed by atoms with Crippen molar-refractivity contribution < 1.29 is 9.90 Å². The summed E-state index contributed by atoms with van der Waals surface area (Å²) in [6.45, 7) is 1.92. The highest BCUT2D eigenvalue weighted by Crippen LogP contribution is 2.49. The molecular formula is C21H26N2O3. The molecule has 4 atom stereocenters. The van der Waals surface area contributed by atoms with Crippen molar-refractivity contribution in [2.24, 2.45) is 17.8 Å². The molecule has 1 aromatic heterocycles. The molecule has 0 radical (unpaired) electrons. The SMILES string of the molecule is CC(O)Cn1ccc2c(NC(=O)CC3C[C@H]4CC[C@H]3C4)cccc2c1=O. The highest BCUT2D eigenvalue weighted by molar-refractivity contribution is 6.01. The summed E-state index contributed by atoms with van der Waals surface area (Å²) in [6.07, 6.45) is 6.78. The van der Waals surface area contributed by atoms with Crippen LogP contribution in [0.4, 0.5) is 5.69 Å². The third-order valence-electron chi connectivity index (χ3n) is 6.09. The molecule has 1 amide bonds. The van der Waals surface area contributed by atoms with Crippen LogP contribution in [0.1, 0.15) is 39.0 Å². The van der Waals surface area contributed by atoms with Crippen molar-refractivity contribution in [3.8, 4) is 0 Å². The summed E-state index contributed by atoms with van der Waals surface area (Å²) in [6, 6.07) is 7.25. The maximum atomic E-state index is 12.6. The predicted molar refractivity (Wildman–Crippen MR) is 102 cm³/mol. The summed E-state index contributed by atoms with van der Waals surface area (Å²) in [7, 11) is 0. The summed E-state index contributed by atoms with van der Waals surface area (Å²) >= 11 is 0. The zero-order chi connectivity index (χ0) is 18.3. The van der Waals surface area contributed by atoms with Crippen LogP contribution in [0, 0.1) is 17.8 Å². The maximum Gasteiger partial charge on any atom is 0.258 e. The van der Waals surface area contributed by atoms with Gasteiger partial charge in [-0.05, 0) is 62.1 Å². The Bertz CT molecular complexity index is 886. The Morgan fingerprint density at radius 3 is 2.81 bits per heavy atom. The summed E-state index contributed by atoms with van der Waals surface area (Å²) in [4.78, 5) is 25.2. The Labute approximate surface area is 153 Å². The van der Waals surface area contributed by atoms with Gasteiger partial charge in [0.05, 0.1) is 12.6 Å². The van der Waals surface area contributed by atoms with E-state index in [1.54, 1.807) is 25.3 Å². The van der Waals surface area contributed by atoms with Crippen molar-refractivity contribution in [2.45, 2.75) is 51.7 Å². The largest absolute Gasteiger partial charge is 0.392 e. The van der Waals surface area contributed by atoms with E-state index in [-0.39, 0.29) is 18.0 Å². The fraction of sp³-hybridized carbons (Fsp3) is 0.524. The van der Waals surface area contributed by atoms with Gasteiger partial charge >= 0.3 is 0 Å². The van der Waals surface area contributed by atoms with Gasteiger partial charge in [0.15, 0.2) is 0 Å². The Balaban J connectivity index is 1.54. The summed E-state index contributed by atoms with van der Waals surface area (Å²) in [5, 5.41) is 13.9. The van der Waals surface area contributed by atoms with E-state index in [2.05, 4.69) is 5.32 Å². The average Bonchev–Trinajstić information content (AvgIpc) is 3.20. The maximum absolute atomic E-state index is 12.6. The van der Waals surface area contributed by atoms with Crippen molar-refractivity contribution in [1.29, 1.82) is 0 Å². The molecule has 1 heterocycles. The summed E-state index contributed by atoms with van der Waals surface area (Å²) in [5.41, 5.74) is 0.546. The minimum Gasteiger partial charge on any atom is -0.392 e. The molecule has 5 heteroatoms. The third kappa shape index (κ3) is 3.28. The molecule has 26 heavy (non-hydrogen) atoms. The number of rotatable bonds is 5. The first-order chi connectivity index (χ1) is 12.5. The molecule has 2 bridgehead atoms. The van der Waals surface area contributed by atoms with E-state index in [0.717, 1.165) is 17.2 Å². The molecule has 2 unspecified atom stereocenters. The number of amides is 1. The number of aromatic nitrogens is 1. The van der Waals surface area contributed by atoms with Gasteiger partial charge in [-0.15, -0.1) is 0 Å². The minimum absolute atomic E-state index is 0.0446. The lowest BCUT2D eigenvalue weighted by atomic mass is 9.86. The first-order valence-corrected chi connectivity index (χ1v) is 9.61. The van der Waals surface area contributed by atoms with Crippen molar-refractivity contribution in [3.05, 3.63) is 40.8 Å². The van der Waals surface area contributed by atoms with E-state index in [4.69, 9.17) is 0 Å². The minimum atomic E-state index is -0.588. The molecule has 2 aliphatic carbocycles. The second kappa shape index (κ2) is 6.88. The van der Waals surface area contributed by atoms with Crippen molar-refractivity contribution in [3.63, 3.8) is 0 Å². The molecule has 2 aromatic rings. The van der Waals surface area contributed by atoms with Gasteiger partial charge in [0.25, 0.3) is 5.56 Å². The molecule has 0 saturated heterocycles. The fourth-order valence-corrected chi connectivity index (χ4v) is 4.92. The molecule has 0 aliphatic heterocycles. The van der Waals surface area contributed by atoms with E-state index < -0.39 is 6.10 Å². The van der Waals surface area contributed by atoms with Crippen LogP contribution in [0.3, 0.4) is 0 Å². The first kappa shape index (κ1) is 17.3. The number of fused-ring (bicyclic) bond motifs is 3. The van der Waals surface area contributed by atoms with Gasteiger partial charge in [-0.2, -0.15) is 0 Å². The lowest BCUT2D eigenvalue weighted by Gasteiger charge is -2.21. The quantitative estimate of drug-likeness (QED) is 0.866. The predicted octanol–water partition coefficient (Wildman–Crippen LogP) is 3.15. The molecule has 4 rings (SSSR count). The van der Waals surface area contributed by atoms with Crippen LogP contribution in [0.5, 0.6) is 0 Å². The third-order valence-corrected chi connectivity index (χ3v) is 6.09. The van der Waals surface area contributed by atoms with E-state index in [1.807, 2.05) is 12.1 Å². The molecule has 2 fully saturated rings. The monoisotopic (exact) mass is 354 g/mol. The van der Waals surface area contributed by atoms with Gasteiger partial charge < -0.3 is 15.0 Å². The second-order valence-electron chi connectivity index (χ2n) is 8.08. The van der Waals surface area contributed by atoms with Gasteiger partial charge in [-0.3, -0.25) is 9.59 Å². The Kier molecular flexibility index (Phi) is 4.57. The number of pyridine rings is 1. The molecule has 0 spiro atoms. The van der Waals surface area contributed by atoms with Crippen molar-refractivity contribution in [1.82, 2.24) is 4.57 Å². The summed E-state index contributed by atoms with van der Waals surface area (Å²) < 4.78 is 1.51. The highest BCUT2D eigenvalue weighted by Gasteiger charge is 2.40. The lowest BCUT2D eigenvalue weighted by Crippen LogP contribution is -2.25. The molecule has 1 aromatic carbocycles. The Morgan fingerprint density at radius 2 is 2.12 bits per heavy atom. The van der Waals surface area contributed by atoms with Gasteiger partial charge in [0.1, 0.15) is 0 Å². The zero-order valence-electron chi connectivity index (χ0n) is 15.1. The van der Waals surface area contributed by atoms with Gasteiger partial charge in [0, 0.05) is 29.1 Å². The normalized spacial score (nSPS) is 25.5. The average molecular weight is 354 g/mol. The smallest absolute Gasteiger partial charge is 0.258 e. The topological polar surface area (TPSA) is 71.3 Å². The first-order valence-electron chi connectivity index (χ1n) is 9.61. The van der Waals surface area contributed by atoms with Gasteiger partial charge in [0.2, 0.25) is 5.91 Å². The number of aliphatic hydroxyl groups is 1. The molecular weight excluding hydrogens is 328 g/mol.